The van der Waals surface area contributed by atoms with Crippen molar-refractivity contribution in [2.75, 3.05) is 32.7 Å². The Bertz CT molecular complexity index is 1140. The summed E-state index contributed by atoms with van der Waals surface area (Å²) in [5.41, 5.74) is 3.32. The summed E-state index contributed by atoms with van der Waals surface area (Å²) in [6.45, 7) is 10.5. The van der Waals surface area contributed by atoms with Crippen molar-refractivity contribution >= 4 is 15.9 Å². The molecule has 0 aliphatic carbocycles. The predicted octanol–water partition coefficient (Wildman–Crippen LogP) is 3.13. The molecule has 8 nitrogen and oxygen atoms in total. The van der Waals surface area contributed by atoms with Crippen LogP contribution >= 0.6 is 0 Å². The van der Waals surface area contributed by atoms with E-state index in [2.05, 4.69) is 14.6 Å². The maximum absolute atomic E-state index is 13.1. The van der Waals surface area contributed by atoms with Crippen LogP contribution in [0.4, 0.5) is 0 Å². The number of carbonyl (C=O) groups is 1. The first-order chi connectivity index (χ1) is 17.2. The van der Waals surface area contributed by atoms with Gasteiger partial charge in [0.2, 0.25) is 15.9 Å². The molecule has 1 aromatic heterocycles. The van der Waals surface area contributed by atoms with E-state index in [-0.39, 0.29) is 18.6 Å². The van der Waals surface area contributed by atoms with Crippen molar-refractivity contribution in [1.82, 2.24) is 19.5 Å². The van der Waals surface area contributed by atoms with Gasteiger partial charge in [-0.05, 0) is 87.8 Å². The Morgan fingerprint density at radius 1 is 0.972 bits per heavy atom. The molecular weight excluding hydrogens is 476 g/mol. The molecule has 0 bridgehead atoms. The summed E-state index contributed by atoms with van der Waals surface area (Å²) in [5, 5.41) is 0. The van der Waals surface area contributed by atoms with Crippen LogP contribution < -0.4 is 9.46 Å². The SMILES string of the molecule is Cc1cc(C)c(C)c(S(=O)(=O)NCC(=O)N2CCC(N3CCC(Oc4ccncc4)CC3)CC2)c1C. The lowest BCUT2D eigenvalue weighted by molar-refractivity contribution is -0.131. The van der Waals surface area contributed by atoms with Gasteiger partial charge in [-0.3, -0.25) is 14.7 Å². The van der Waals surface area contributed by atoms with Crippen molar-refractivity contribution in [3.8, 4) is 5.75 Å². The third kappa shape index (κ3) is 6.07. The topological polar surface area (TPSA) is 91.8 Å². The van der Waals surface area contributed by atoms with E-state index in [1.807, 2.05) is 45.9 Å². The van der Waals surface area contributed by atoms with Gasteiger partial charge in [-0.1, -0.05) is 6.07 Å². The molecule has 2 aliphatic heterocycles. The van der Waals surface area contributed by atoms with Gasteiger partial charge in [0.25, 0.3) is 0 Å². The fourth-order valence-electron chi connectivity index (χ4n) is 5.37. The van der Waals surface area contributed by atoms with Gasteiger partial charge in [0.15, 0.2) is 0 Å². The van der Waals surface area contributed by atoms with Crippen LogP contribution in [0.3, 0.4) is 0 Å². The summed E-state index contributed by atoms with van der Waals surface area (Å²) in [5.74, 6) is 0.704. The van der Waals surface area contributed by atoms with E-state index in [4.69, 9.17) is 4.74 Å². The number of sulfonamides is 1. The number of likely N-dealkylation sites (tertiary alicyclic amines) is 2. The third-order valence-corrected chi connectivity index (χ3v) is 9.42. The molecule has 2 aliphatic rings. The van der Waals surface area contributed by atoms with Gasteiger partial charge in [0, 0.05) is 44.6 Å². The molecule has 2 fully saturated rings. The predicted molar refractivity (Wildman–Crippen MR) is 140 cm³/mol. The van der Waals surface area contributed by atoms with Crippen molar-refractivity contribution < 1.29 is 17.9 Å². The minimum atomic E-state index is -3.78. The highest BCUT2D eigenvalue weighted by Gasteiger charge is 2.31. The van der Waals surface area contributed by atoms with E-state index in [0.717, 1.165) is 66.8 Å². The summed E-state index contributed by atoms with van der Waals surface area (Å²) >= 11 is 0. The quantitative estimate of drug-likeness (QED) is 0.611. The first-order valence-corrected chi connectivity index (χ1v) is 14.3. The highest BCUT2D eigenvalue weighted by atomic mass is 32.2. The Labute approximate surface area is 215 Å². The van der Waals surface area contributed by atoms with Gasteiger partial charge in [-0.15, -0.1) is 0 Å². The van der Waals surface area contributed by atoms with Gasteiger partial charge < -0.3 is 9.64 Å². The number of nitrogens with one attached hydrogen (secondary N) is 1. The van der Waals surface area contributed by atoms with Crippen molar-refractivity contribution in [3.63, 3.8) is 0 Å². The van der Waals surface area contributed by atoms with E-state index in [1.165, 1.54) is 0 Å². The van der Waals surface area contributed by atoms with E-state index >= 15 is 0 Å². The van der Waals surface area contributed by atoms with Gasteiger partial charge >= 0.3 is 0 Å². The van der Waals surface area contributed by atoms with E-state index < -0.39 is 10.0 Å². The monoisotopic (exact) mass is 514 g/mol. The Kier molecular flexibility index (Phi) is 8.32. The molecule has 0 unspecified atom stereocenters. The van der Waals surface area contributed by atoms with Crippen LogP contribution in [-0.4, -0.2) is 74.0 Å². The molecule has 1 amide bonds. The van der Waals surface area contributed by atoms with Gasteiger partial charge in [-0.25, -0.2) is 13.1 Å². The molecule has 3 heterocycles. The molecule has 0 radical (unpaired) electrons. The second-order valence-corrected chi connectivity index (χ2v) is 11.8. The van der Waals surface area contributed by atoms with Crippen LogP contribution in [0.5, 0.6) is 5.75 Å². The van der Waals surface area contributed by atoms with Crippen molar-refractivity contribution in [2.45, 2.75) is 70.4 Å². The van der Waals surface area contributed by atoms with E-state index in [1.54, 1.807) is 17.3 Å². The van der Waals surface area contributed by atoms with Gasteiger partial charge in [0.05, 0.1) is 11.4 Å². The molecule has 36 heavy (non-hydrogen) atoms. The fourth-order valence-corrected chi connectivity index (χ4v) is 6.96. The van der Waals surface area contributed by atoms with E-state index in [9.17, 15) is 13.2 Å². The number of aryl methyl sites for hydroxylation is 2. The maximum atomic E-state index is 13.1. The van der Waals surface area contributed by atoms with Crippen LogP contribution in [0.15, 0.2) is 35.5 Å². The Morgan fingerprint density at radius 2 is 1.56 bits per heavy atom. The lowest BCUT2D eigenvalue weighted by Crippen LogP contribution is -2.51. The number of ether oxygens (including phenoxy) is 1. The number of nitrogens with zero attached hydrogens (tertiary/aromatic N) is 3. The molecule has 1 aromatic carbocycles. The maximum Gasteiger partial charge on any atom is 0.241 e. The van der Waals surface area contributed by atoms with Crippen molar-refractivity contribution in [1.29, 1.82) is 0 Å². The highest BCUT2D eigenvalue weighted by molar-refractivity contribution is 7.89. The molecule has 0 spiro atoms. The summed E-state index contributed by atoms with van der Waals surface area (Å²) in [4.78, 5) is 21.5. The van der Waals surface area contributed by atoms with Crippen LogP contribution in [0, 0.1) is 27.7 Å². The van der Waals surface area contributed by atoms with Crippen LogP contribution in [-0.2, 0) is 14.8 Å². The molecule has 1 N–H and O–H groups in total. The Balaban J connectivity index is 1.24. The number of carbonyl (C=O) groups excluding carboxylic acids is 1. The molecule has 196 valence electrons. The largest absolute Gasteiger partial charge is 0.490 e. The summed E-state index contributed by atoms with van der Waals surface area (Å²) in [6.07, 6.45) is 7.50. The van der Waals surface area contributed by atoms with Gasteiger partial charge in [0.1, 0.15) is 11.9 Å². The molecule has 2 aromatic rings. The van der Waals surface area contributed by atoms with Crippen LogP contribution in [0.1, 0.15) is 47.9 Å². The molecule has 2 saturated heterocycles. The lowest BCUT2D eigenvalue weighted by Gasteiger charge is -2.41. The molecule has 4 rings (SSSR count). The Hall–Kier alpha value is -2.49. The molecule has 0 atom stereocenters. The first kappa shape index (κ1) is 26.6. The first-order valence-electron chi connectivity index (χ1n) is 12.8. The number of pyridine rings is 1. The minimum Gasteiger partial charge on any atom is -0.490 e. The van der Waals surface area contributed by atoms with Crippen LogP contribution in [0.2, 0.25) is 0 Å². The standard InChI is InChI=1S/C27H38N4O4S/c1-19-17-20(2)22(4)27(21(19)3)36(33,34)29-18-26(32)31-13-7-23(8-14-31)30-15-9-25(10-16-30)35-24-5-11-28-12-6-24/h5-6,11-12,17,23,25,29H,7-10,13-16,18H2,1-4H3. The average molecular weight is 515 g/mol. The number of hydrogen-bond acceptors (Lipinski definition) is 6. The Morgan fingerprint density at radius 3 is 2.14 bits per heavy atom. The number of hydrogen-bond donors (Lipinski definition) is 1. The molecular formula is C27H38N4O4S. The van der Waals surface area contributed by atoms with Crippen molar-refractivity contribution in [3.05, 3.63) is 52.8 Å². The number of piperidine rings is 2. The fraction of sp³-hybridized carbons (Fsp3) is 0.556. The number of aromatic nitrogens is 1. The van der Waals surface area contributed by atoms with E-state index in [0.29, 0.717) is 24.0 Å². The molecule has 9 heteroatoms. The zero-order valence-electron chi connectivity index (χ0n) is 21.8. The average Bonchev–Trinajstić information content (AvgIpc) is 2.87. The van der Waals surface area contributed by atoms with Gasteiger partial charge in [-0.2, -0.15) is 0 Å². The lowest BCUT2D eigenvalue weighted by atomic mass is 9.99. The van der Waals surface area contributed by atoms with Crippen molar-refractivity contribution in [2.24, 2.45) is 0 Å². The normalized spacial score (nSPS) is 18.4. The number of rotatable bonds is 7. The molecule has 0 saturated carbocycles. The smallest absolute Gasteiger partial charge is 0.241 e. The highest BCUT2D eigenvalue weighted by Crippen LogP contribution is 2.26. The second-order valence-electron chi connectivity index (χ2n) is 10.1. The summed E-state index contributed by atoms with van der Waals surface area (Å²) in [7, 11) is -3.78. The zero-order valence-corrected chi connectivity index (χ0v) is 22.6. The number of benzene rings is 1. The summed E-state index contributed by atoms with van der Waals surface area (Å²) in [6, 6.07) is 6.23. The zero-order chi connectivity index (χ0) is 25.9. The minimum absolute atomic E-state index is 0.166. The second kappa shape index (κ2) is 11.3. The van der Waals surface area contributed by atoms with Crippen LogP contribution in [0.25, 0.3) is 0 Å². The summed E-state index contributed by atoms with van der Waals surface area (Å²) < 4.78 is 34.8. The third-order valence-electron chi connectivity index (χ3n) is 7.74. The number of amides is 1.